The highest BCUT2D eigenvalue weighted by Gasteiger charge is 2.25. The fraction of sp³-hybridized carbons (Fsp3) is 0.135. The van der Waals surface area contributed by atoms with Crippen molar-refractivity contribution in [1.82, 2.24) is 0 Å². The van der Waals surface area contributed by atoms with Crippen LogP contribution in [-0.4, -0.2) is 26.4 Å². The number of ether oxygens (including phenoxy) is 4. The van der Waals surface area contributed by atoms with Gasteiger partial charge in [-0.3, -0.25) is 0 Å². The second-order valence-corrected chi connectivity index (χ2v) is 9.22. The second kappa shape index (κ2) is 15.0. The summed E-state index contributed by atoms with van der Waals surface area (Å²) in [6.45, 7) is 16.7. The Hall–Kier alpha value is -4.96. The molecule has 0 bridgehead atoms. The third-order valence-electron chi connectivity index (χ3n) is 6.39. The minimum absolute atomic E-state index is 0.221. The highest BCUT2D eigenvalue weighted by molar-refractivity contribution is 5.65. The fourth-order valence-electron chi connectivity index (χ4n) is 4.57. The van der Waals surface area contributed by atoms with Gasteiger partial charge in [-0.2, -0.15) is 0 Å². The Morgan fingerprint density at radius 2 is 0.927 bits per heavy atom. The zero-order valence-corrected chi connectivity index (χ0v) is 23.3. The highest BCUT2D eigenvalue weighted by Crippen LogP contribution is 2.44. The van der Waals surface area contributed by atoms with Crippen LogP contribution >= 0.6 is 0 Å². The molecule has 4 heteroatoms. The van der Waals surface area contributed by atoms with Crippen molar-refractivity contribution in [2.24, 2.45) is 0 Å². The Morgan fingerprint density at radius 3 is 1.39 bits per heavy atom. The maximum atomic E-state index is 6.21. The van der Waals surface area contributed by atoms with E-state index in [0.29, 0.717) is 49.4 Å². The van der Waals surface area contributed by atoms with Crippen molar-refractivity contribution in [2.45, 2.75) is 5.92 Å². The van der Waals surface area contributed by atoms with E-state index in [1.165, 1.54) is 0 Å². The molecule has 0 unspecified atom stereocenters. The summed E-state index contributed by atoms with van der Waals surface area (Å²) in [5.41, 5.74) is 5.31. The van der Waals surface area contributed by atoms with Crippen molar-refractivity contribution < 1.29 is 18.9 Å². The van der Waals surface area contributed by atoms with E-state index in [9.17, 15) is 0 Å². The van der Waals surface area contributed by atoms with E-state index in [1.54, 1.807) is 24.3 Å². The second-order valence-electron chi connectivity index (χ2n) is 9.22. The highest BCUT2D eigenvalue weighted by atomic mass is 16.5. The van der Waals surface area contributed by atoms with Crippen LogP contribution in [0.3, 0.4) is 0 Å². The molecule has 4 aromatic rings. The molecular weight excluding hydrogens is 508 g/mol. The maximum Gasteiger partial charge on any atom is 0.127 e. The Morgan fingerprint density at radius 1 is 0.488 bits per heavy atom. The normalized spacial score (nSPS) is 10.5. The van der Waals surface area contributed by atoms with E-state index in [0.717, 1.165) is 27.8 Å². The molecule has 0 saturated heterocycles. The molecule has 4 aromatic carbocycles. The zero-order valence-electron chi connectivity index (χ0n) is 23.3. The largest absolute Gasteiger partial charge is 0.489 e. The van der Waals surface area contributed by atoms with Gasteiger partial charge in [-0.25, -0.2) is 0 Å². The van der Waals surface area contributed by atoms with E-state index < -0.39 is 0 Å². The van der Waals surface area contributed by atoms with Crippen LogP contribution in [-0.2, 0) is 0 Å². The van der Waals surface area contributed by atoms with E-state index >= 15 is 0 Å². The van der Waals surface area contributed by atoms with Crippen LogP contribution < -0.4 is 18.9 Å². The summed E-state index contributed by atoms with van der Waals surface area (Å²) in [7, 11) is 0. The molecule has 0 amide bonds. The van der Waals surface area contributed by atoms with Crippen LogP contribution in [0.25, 0.3) is 11.1 Å². The predicted octanol–water partition coefficient (Wildman–Crippen LogP) is 8.79. The van der Waals surface area contributed by atoms with Gasteiger partial charge in [-0.05, 0) is 28.8 Å². The van der Waals surface area contributed by atoms with Gasteiger partial charge in [0.25, 0.3) is 0 Å². The monoisotopic (exact) mass is 544 g/mol. The maximum absolute atomic E-state index is 6.21. The summed E-state index contributed by atoms with van der Waals surface area (Å²) in [6, 6.07) is 30.8. The van der Waals surface area contributed by atoms with E-state index in [-0.39, 0.29) is 5.92 Å². The number of benzene rings is 4. The van der Waals surface area contributed by atoms with Crippen molar-refractivity contribution in [3.8, 4) is 34.1 Å². The number of hydrogen-bond acceptors (Lipinski definition) is 4. The molecule has 0 aliphatic carbocycles. The number of rotatable bonds is 16. The summed E-state index contributed by atoms with van der Waals surface area (Å²) >= 11 is 0. The average Bonchev–Trinajstić information content (AvgIpc) is 3.02. The molecule has 0 radical (unpaired) electrons. The molecule has 4 nitrogen and oxygen atoms in total. The predicted molar refractivity (Wildman–Crippen MR) is 168 cm³/mol. The first-order valence-electron chi connectivity index (χ1n) is 13.6. The standard InChI is InChI=1S/C37H36O4/c1-5-22-38-31-18-20-33(35(26-31)40-24-7-3)37(30-16-14-29(15-17-30)28-12-10-9-11-13-28)34-21-19-32(39-23-6-2)27-36(34)41-25-8-4/h5-21,26-27,37H,1-4,22-25H2. The molecular formula is C37H36O4. The zero-order chi connectivity index (χ0) is 28.9. The van der Waals surface area contributed by atoms with Crippen molar-refractivity contribution in [1.29, 1.82) is 0 Å². The van der Waals surface area contributed by atoms with Crippen molar-refractivity contribution in [3.05, 3.63) is 158 Å². The van der Waals surface area contributed by atoms with Crippen LogP contribution in [0.1, 0.15) is 22.6 Å². The minimum Gasteiger partial charge on any atom is -0.489 e. The third-order valence-corrected chi connectivity index (χ3v) is 6.39. The molecule has 0 heterocycles. The minimum atomic E-state index is -0.221. The molecule has 0 N–H and O–H groups in total. The quantitative estimate of drug-likeness (QED) is 0.104. The van der Waals surface area contributed by atoms with Crippen molar-refractivity contribution >= 4 is 0 Å². The average molecular weight is 545 g/mol. The first-order valence-corrected chi connectivity index (χ1v) is 13.6. The lowest BCUT2D eigenvalue weighted by Gasteiger charge is -2.25. The van der Waals surface area contributed by atoms with Crippen LogP contribution in [0.15, 0.2) is 142 Å². The Bertz CT molecular complexity index is 1380. The molecule has 0 aliphatic heterocycles. The molecule has 208 valence electrons. The van der Waals surface area contributed by atoms with Gasteiger partial charge in [0.05, 0.1) is 0 Å². The van der Waals surface area contributed by atoms with Gasteiger partial charge in [0.15, 0.2) is 0 Å². The topological polar surface area (TPSA) is 36.9 Å². The van der Waals surface area contributed by atoms with E-state index in [2.05, 4.69) is 62.7 Å². The van der Waals surface area contributed by atoms with Crippen LogP contribution in [0.2, 0.25) is 0 Å². The van der Waals surface area contributed by atoms with Gasteiger partial charge >= 0.3 is 0 Å². The lowest BCUT2D eigenvalue weighted by atomic mass is 9.83. The van der Waals surface area contributed by atoms with Gasteiger partial charge in [0.1, 0.15) is 49.4 Å². The van der Waals surface area contributed by atoms with Gasteiger partial charge in [0, 0.05) is 29.2 Å². The van der Waals surface area contributed by atoms with Gasteiger partial charge in [-0.15, -0.1) is 0 Å². The van der Waals surface area contributed by atoms with Gasteiger partial charge in [-0.1, -0.05) is 117 Å². The molecule has 0 atom stereocenters. The molecule has 41 heavy (non-hydrogen) atoms. The molecule has 0 saturated carbocycles. The summed E-state index contributed by atoms with van der Waals surface area (Å²) in [4.78, 5) is 0. The van der Waals surface area contributed by atoms with E-state index in [4.69, 9.17) is 18.9 Å². The summed E-state index contributed by atoms with van der Waals surface area (Å²) in [5.74, 6) is 2.57. The Kier molecular flexibility index (Phi) is 10.6. The van der Waals surface area contributed by atoms with Crippen LogP contribution in [0.5, 0.6) is 23.0 Å². The summed E-state index contributed by atoms with van der Waals surface area (Å²) in [5, 5.41) is 0. The van der Waals surface area contributed by atoms with Gasteiger partial charge < -0.3 is 18.9 Å². The fourth-order valence-corrected chi connectivity index (χ4v) is 4.57. The van der Waals surface area contributed by atoms with Gasteiger partial charge in [0.2, 0.25) is 0 Å². The lowest BCUT2D eigenvalue weighted by Crippen LogP contribution is -2.10. The lowest BCUT2D eigenvalue weighted by molar-refractivity contribution is 0.338. The molecule has 0 fully saturated rings. The Balaban J connectivity index is 1.88. The van der Waals surface area contributed by atoms with Crippen molar-refractivity contribution in [2.75, 3.05) is 26.4 Å². The molecule has 0 aromatic heterocycles. The van der Waals surface area contributed by atoms with Crippen molar-refractivity contribution in [3.63, 3.8) is 0 Å². The van der Waals surface area contributed by atoms with Crippen LogP contribution in [0, 0.1) is 0 Å². The summed E-state index contributed by atoms with van der Waals surface area (Å²) < 4.78 is 24.1. The summed E-state index contributed by atoms with van der Waals surface area (Å²) in [6.07, 6.45) is 6.90. The first-order chi connectivity index (χ1) is 20.2. The third kappa shape index (κ3) is 7.58. The Labute approximate surface area is 243 Å². The molecule has 0 spiro atoms. The SMILES string of the molecule is C=CCOc1ccc(C(c2ccc(-c3ccccc3)cc2)c2ccc(OCC=C)cc2OCC=C)c(OCC=C)c1. The molecule has 4 rings (SSSR count). The smallest absolute Gasteiger partial charge is 0.127 e. The molecule has 0 aliphatic rings. The first kappa shape index (κ1) is 29.0. The van der Waals surface area contributed by atoms with E-state index in [1.807, 2.05) is 54.6 Å². The van der Waals surface area contributed by atoms with Crippen LogP contribution in [0.4, 0.5) is 0 Å². The number of hydrogen-bond donors (Lipinski definition) is 0.